The summed E-state index contributed by atoms with van der Waals surface area (Å²) in [5, 5.41) is 10.4. The minimum atomic E-state index is -0.812. The summed E-state index contributed by atoms with van der Waals surface area (Å²) in [5.74, 6) is -1.34. The van der Waals surface area contributed by atoms with Gasteiger partial charge in [0.15, 0.2) is 16.7 Å². The van der Waals surface area contributed by atoms with Gasteiger partial charge in [-0.15, -0.1) is 0 Å². The van der Waals surface area contributed by atoms with Gasteiger partial charge in [0, 0.05) is 0 Å². The maximum Gasteiger partial charge on any atom is 0.350 e. The number of hydrogen-bond acceptors (Lipinski definition) is 8. The first-order valence-corrected chi connectivity index (χ1v) is 12.0. The van der Waals surface area contributed by atoms with E-state index in [1.165, 1.54) is 23.1 Å². The Morgan fingerprint density at radius 2 is 2.15 bits per heavy atom. The summed E-state index contributed by atoms with van der Waals surface area (Å²) in [6.07, 6.45) is 4.50. The number of esters is 1. The number of phenols is 1. The van der Waals surface area contributed by atoms with E-state index < -0.39 is 17.9 Å². The zero-order valence-corrected chi connectivity index (χ0v) is 19.5. The Hall–Kier alpha value is -3.46. The van der Waals surface area contributed by atoms with E-state index in [9.17, 15) is 19.5 Å². The van der Waals surface area contributed by atoms with Gasteiger partial charge in [0.05, 0.1) is 23.2 Å². The molecule has 0 spiro atoms. The Kier molecular flexibility index (Phi) is 5.73. The Morgan fingerprint density at radius 1 is 1.35 bits per heavy atom. The number of phenolic OH excluding ortho intramolecular Hbond substituents is 1. The molecule has 1 amide bonds. The SMILES string of the molecule is C=CCOC(=O)c1sc(N2C(=O)C3=C(C(=O)C4CCCCC4O3)C2c2cccc(O)c2)nc1C. The number of aromatic nitrogens is 1. The monoisotopic (exact) mass is 480 g/mol. The number of rotatable bonds is 5. The van der Waals surface area contributed by atoms with E-state index in [1.54, 1.807) is 19.1 Å². The second-order valence-corrected chi connectivity index (χ2v) is 9.60. The zero-order valence-electron chi connectivity index (χ0n) is 18.7. The van der Waals surface area contributed by atoms with Crippen LogP contribution in [0.2, 0.25) is 0 Å². The van der Waals surface area contributed by atoms with E-state index in [2.05, 4.69) is 11.6 Å². The highest BCUT2D eigenvalue weighted by atomic mass is 32.1. The van der Waals surface area contributed by atoms with Crippen molar-refractivity contribution in [2.75, 3.05) is 11.5 Å². The number of aromatic hydroxyl groups is 1. The van der Waals surface area contributed by atoms with Crippen molar-refractivity contribution in [3.63, 3.8) is 0 Å². The fourth-order valence-corrected chi connectivity index (χ4v) is 5.91. The van der Waals surface area contributed by atoms with Gasteiger partial charge in [0.25, 0.3) is 5.91 Å². The summed E-state index contributed by atoms with van der Waals surface area (Å²) < 4.78 is 11.3. The van der Waals surface area contributed by atoms with Crippen molar-refractivity contribution in [3.05, 3.63) is 64.4 Å². The van der Waals surface area contributed by atoms with Crippen molar-refractivity contribution in [1.82, 2.24) is 4.98 Å². The number of Topliss-reactive ketones (excluding diaryl/α,β-unsaturated/α-hetero) is 1. The first-order valence-electron chi connectivity index (χ1n) is 11.2. The molecule has 176 valence electrons. The number of ether oxygens (including phenoxy) is 2. The summed E-state index contributed by atoms with van der Waals surface area (Å²) in [6, 6.07) is 5.65. The lowest BCUT2D eigenvalue weighted by molar-refractivity contribution is -0.131. The number of fused-ring (bicyclic) bond motifs is 1. The summed E-state index contributed by atoms with van der Waals surface area (Å²) in [4.78, 5) is 45.9. The minimum Gasteiger partial charge on any atom is -0.508 e. The topological polar surface area (TPSA) is 106 Å². The molecular weight excluding hydrogens is 456 g/mol. The van der Waals surface area contributed by atoms with E-state index in [4.69, 9.17) is 9.47 Å². The number of nitrogens with zero attached hydrogens (tertiary/aromatic N) is 2. The van der Waals surface area contributed by atoms with Gasteiger partial charge in [0.1, 0.15) is 23.3 Å². The lowest BCUT2D eigenvalue weighted by Gasteiger charge is -2.35. The molecule has 2 aliphatic heterocycles. The fourth-order valence-electron chi connectivity index (χ4n) is 4.93. The number of benzene rings is 1. The van der Waals surface area contributed by atoms with E-state index >= 15 is 0 Å². The molecule has 0 radical (unpaired) electrons. The molecule has 1 saturated carbocycles. The number of carbonyl (C=O) groups is 3. The molecule has 1 N–H and O–H groups in total. The number of aryl methyl sites for hydroxylation is 1. The van der Waals surface area contributed by atoms with E-state index in [0.717, 1.165) is 37.0 Å². The van der Waals surface area contributed by atoms with Crippen molar-refractivity contribution in [2.45, 2.75) is 44.8 Å². The molecule has 1 aliphatic carbocycles. The second-order valence-electron chi connectivity index (χ2n) is 8.63. The predicted molar refractivity (Wildman–Crippen MR) is 125 cm³/mol. The van der Waals surface area contributed by atoms with Gasteiger partial charge in [-0.25, -0.2) is 9.78 Å². The maximum absolute atomic E-state index is 13.7. The molecule has 3 heterocycles. The van der Waals surface area contributed by atoms with Crippen LogP contribution in [0.15, 0.2) is 48.3 Å². The third-order valence-electron chi connectivity index (χ3n) is 6.46. The molecule has 1 aromatic heterocycles. The minimum absolute atomic E-state index is 0.0164. The van der Waals surface area contributed by atoms with Crippen molar-refractivity contribution >= 4 is 34.1 Å². The van der Waals surface area contributed by atoms with Gasteiger partial charge in [-0.05, 0) is 43.9 Å². The van der Waals surface area contributed by atoms with Crippen molar-refractivity contribution < 1.29 is 29.0 Å². The smallest absolute Gasteiger partial charge is 0.350 e. The molecule has 0 bridgehead atoms. The summed E-state index contributed by atoms with van der Waals surface area (Å²) in [6.45, 7) is 5.26. The second kappa shape index (κ2) is 8.72. The largest absolute Gasteiger partial charge is 0.508 e. The first-order chi connectivity index (χ1) is 16.4. The Labute approximate surface area is 200 Å². The maximum atomic E-state index is 13.7. The van der Waals surface area contributed by atoms with Crippen LogP contribution in [0.5, 0.6) is 5.75 Å². The highest BCUT2D eigenvalue weighted by Gasteiger charge is 2.53. The quantitative estimate of drug-likeness (QED) is 0.509. The zero-order chi connectivity index (χ0) is 24.0. The van der Waals surface area contributed by atoms with Crippen molar-refractivity contribution in [2.24, 2.45) is 5.92 Å². The Bertz CT molecular complexity index is 1230. The molecule has 34 heavy (non-hydrogen) atoms. The highest BCUT2D eigenvalue weighted by Crippen LogP contribution is 2.49. The van der Waals surface area contributed by atoms with Gasteiger partial charge in [-0.3, -0.25) is 14.5 Å². The average Bonchev–Trinajstić information content (AvgIpc) is 3.35. The van der Waals surface area contributed by atoms with Crippen LogP contribution in [0.3, 0.4) is 0 Å². The van der Waals surface area contributed by atoms with Gasteiger partial charge in [-0.2, -0.15) is 0 Å². The van der Waals surface area contributed by atoms with Crippen LogP contribution in [0.1, 0.15) is 52.7 Å². The Balaban J connectivity index is 1.60. The molecule has 5 rings (SSSR count). The number of carbonyl (C=O) groups excluding carboxylic acids is 3. The summed E-state index contributed by atoms with van der Waals surface area (Å²) in [5.41, 5.74) is 1.28. The molecule has 9 heteroatoms. The summed E-state index contributed by atoms with van der Waals surface area (Å²) >= 11 is 1.02. The molecule has 3 atom stereocenters. The number of amides is 1. The predicted octanol–water partition coefficient (Wildman–Crippen LogP) is 4.00. The fraction of sp³-hybridized carbons (Fsp3) is 0.360. The molecule has 8 nitrogen and oxygen atoms in total. The number of thiazole rings is 1. The van der Waals surface area contributed by atoms with E-state index in [1.807, 2.05) is 0 Å². The van der Waals surface area contributed by atoms with Crippen LogP contribution in [0, 0.1) is 12.8 Å². The third-order valence-corrected chi connectivity index (χ3v) is 7.60. The molecule has 3 aliphatic rings. The van der Waals surface area contributed by atoms with Crippen molar-refractivity contribution in [1.29, 1.82) is 0 Å². The number of anilines is 1. The third kappa shape index (κ3) is 3.60. The van der Waals surface area contributed by atoms with Crippen molar-refractivity contribution in [3.8, 4) is 5.75 Å². The normalized spacial score (nSPS) is 23.9. The average molecular weight is 481 g/mol. The van der Waals surface area contributed by atoms with Crippen LogP contribution >= 0.6 is 11.3 Å². The number of ketones is 1. The van der Waals surface area contributed by atoms with E-state index in [-0.39, 0.29) is 45.9 Å². The van der Waals surface area contributed by atoms with Crippen LogP contribution in [0.25, 0.3) is 0 Å². The van der Waals surface area contributed by atoms with Gasteiger partial charge >= 0.3 is 5.97 Å². The van der Waals surface area contributed by atoms with Gasteiger partial charge in [-0.1, -0.05) is 42.5 Å². The lowest BCUT2D eigenvalue weighted by Crippen LogP contribution is -2.39. The van der Waals surface area contributed by atoms with Gasteiger partial charge in [0.2, 0.25) is 0 Å². The standard InChI is InChI=1S/C25H24N2O6S/c1-3-11-32-24(31)22-13(2)26-25(34-22)27-19(14-7-6-8-15(28)12-14)18-20(29)16-9-4-5-10-17(16)33-21(18)23(27)30/h3,6-8,12,16-17,19,28H,1,4-5,9-11H2,2H3. The molecule has 3 unspecified atom stereocenters. The van der Waals surface area contributed by atoms with Gasteiger partial charge < -0.3 is 14.6 Å². The molecule has 0 saturated heterocycles. The molecule has 2 aromatic rings. The number of hydrogen-bond donors (Lipinski definition) is 1. The van der Waals surface area contributed by atoms with E-state index in [0.29, 0.717) is 16.8 Å². The van der Waals surface area contributed by atoms with Crippen LogP contribution in [0.4, 0.5) is 5.13 Å². The molecule has 1 aromatic carbocycles. The Morgan fingerprint density at radius 3 is 2.91 bits per heavy atom. The van der Waals surface area contributed by atoms with Crippen LogP contribution in [-0.4, -0.2) is 40.5 Å². The lowest BCUT2D eigenvalue weighted by atomic mass is 9.77. The molecule has 1 fully saturated rings. The first kappa shape index (κ1) is 22.3. The molecular formula is C25H24N2O6S. The van der Waals surface area contributed by atoms with Crippen LogP contribution < -0.4 is 4.90 Å². The summed E-state index contributed by atoms with van der Waals surface area (Å²) in [7, 11) is 0. The highest BCUT2D eigenvalue weighted by molar-refractivity contribution is 7.17. The van der Waals surface area contributed by atoms with Crippen LogP contribution in [-0.2, 0) is 19.1 Å².